The number of hydrogen-bond acceptors (Lipinski definition) is 23. The van der Waals surface area contributed by atoms with Crippen LogP contribution in [-0.4, -0.2) is 227 Å². The maximum atomic E-state index is 13.3. The quantitative estimate of drug-likeness (QED) is 0.0415. The second-order valence-corrected chi connectivity index (χ2v) is 25.6. The molecule has 27 atom stereocenters. The molecule has 8 aliphatic rings. The van der Waals surface area contributed by atoms with E-state index in [-0.39, 0.29) is 31.3 Å². The van der Waals surface area contributed by atoms with Crippen molar-refractivity contribution in [2.75, 3.05) is 26.4 Å². The smallest absolute Gasteiger partial charge is 0.335 e. The average Bonchev–Trinajstić information content (AvgIpc) is 3.39. The third kappa shape index (κ3) is 10.0. The third-order valence-corrected chi connectivity index (χ3v) is 21.0. The summed E-state index contributed by atoms with van der Waals surface area (Å²) < 4.78 is 47.7. The summed E-state index contributed by atoms with van der Waals surface area (Å²) in [5.41, 5.74) is -3.78. The minimum atomic E-state index is -2.18. The van der Waals surface area contributed by atoms with Crippen LogP contribution in [0.3, 0.4) is 0 Å². The summed E-state index contributed by atoms with van der Waals surface area (Å²) >= 11 is 0. The standard InChI is InChI=1S/C55H86O24/c1-10-23(2)46(71)79-44-43(68)55(22-72-24(3)59)26(17-50(44,4)5)25-11-12-30-51(6)15-14-32(52(7,21-58)29(51)13-16-53(30,8)54(25,9)18-31(55)60)75-49-41(77-48-38(66)36(64)34(62)28(20-57)74-48)39(67)40(42(78-49)45(69)70)76-47-37(65)35(63)33(61)27(19-56)73-47/h10-11,26-44,47-49,56-58,60-68H,12-22H2,1-9H3,(H,69,70)/b23-10+/t26-,27+,28+,29+,30+,31+,32-,33+,34+,35-,36-,37+,38+,39-,40-,41+,42-,43-,44-,47-,48?,49+,51-,52+,53+,54+,55-/m0/s1. The van der Waals surface area contributed by atoms with E-state index in [2.05, 4.69) is 26.8 Å². The Morgan fingerprint density at radius 2 is 1.28 bits per heavy atom. The van der Waals surface area contributed by atoms with Gasteiger partial charge in [0.05, 0.1) is 37.4 Å². The van der Waals surface area contributed by atoms with Crippen LogP contribution in [0.25, 0.3) is 0 Å². The highest BCUT2D eigenvalue weighted by molar-refractivity contribution is 5.87. The van der Waals surface area contributed by atoms with Crippen molar-refractivity contribution in [3.8, 4) is 0 Å². The Morgan fingerprint density at radius 3 is 1.81 bits per heavy atom. The van der Waals surface area contributed by atoms with Gasteiger partial charge in [0.2, 0.25) is 0 Å². The SMILES string of the molecule is C/C=C(\C)C(=O)O[C@H]1[C@H](O)[C@]2(COC(C)=O)[C@H](O)C[C@]3(C)C(=CC[C@@H]4[C@@]5(C)CC[C@H](O[C@@H]6O[C@H](C(=O)O)[C@@H](O[C@@H]7O[C@H](CO)[C@@H](O)[C@H](O)[C@H]7O)[C@H](O)[C@H]6OC6O[C@H](CO)[C@@H](O)[C@H](O)[C@H]6O)[C@](C)(CO)[C@@H]5CC[C@]43C)[C@@H]2CC1(C)C. The molecule has 7 fully saturated rings. The van der Waals surface area contributed by atoms with Gasteiger partial charge in [-0.1, -0.05) is 59.3 Å². The first-order valence-corrected chi connectivity index (χ1v) is 27.7. The fourth-order valence-corrected chi connectivity index (χ4v) is 16.1. The molecule has 8 rings (SSSR count). The molecule has 3 aliphatic heterocycles. The first-order valence-electron chi connectivity index (χ1n) is 27.7. The van der Waals surface area contributed by atoms with Crippen LogP contribution in [0.2, 0.25) is 0 Å². The lowest BCUT2D eigenvalue weighted by molar-refractivity contribution is -0.392. The minimum Gasteiger partial charge on any atom is -0.479 e. The number of esters is 2. The predicted octanol–water partition coefficient (Wildman–Crippen LogP) is -1.32. The molecular formula is C55H86O24. The van der Waals surface area contributed by atoms with Crippen molar-refractivity contribution in [3.63, 3.8) is 0 Å². The number of aliphatic carboxylic acids is 1. The van der Waals surface area contributed by atoms with E-state index in [0.29, 0.717) is 37.7 Å². The van der Waals surface area contributed by atoms with E-state index < -0.39 is 193 Å². The molecule has 0 aromatic heterocycles. The molecule has 0 aromatic rings. The highest BCUT2D eigenvalue weighted by Crippen LogP contribution is 2.76. The summed E-state index contributed by atoms with van der Waals surface area (Å²) in [7, 11) is 0. The zero-order valence-electron chi connectivity index (χ0n) is 46.4. The number of fused-ring (bicyclic) bond motifs is 7. The second kappa shape index (κ2) is 22.6. The Bertz CT molecular complexity index is 2290. The van der Waals surface area contributed by atoms with E-state index in [1.165, 1.54) is 6.92 Å². The molecule has 0 spiro atoms. The van der Waals surface area contributed by atoms with Gasteiger partial charge in [0.25, 0.3) is 0 Å². The van der Waals surface area contributed by atoms with Crippen molar-refractivity contribution >= 4 is 17.9 Å². The number of hydrogen-bond donors (Lipinski definition) is 13. The van der Waals surface area contributed by atoms with Crippen molar-refractivity contribution in [2.45, 2.75) is 224 Å². The predicted molar refractivity (Wildman–Crippen MR) is 269 cm³/mol. The molecule has 0 aromatic carbocycles. The molecule has 1 unspecified atom stereocenters. The molecular weight excluding hydrogens is 1040 g/mol. The molecule has 4 saturated carbocycles. The number of carbonyl (C=O) groups excluding carboxylic acids is 2. The van der Waals surface area contributed by atoms with Crippen LogP contribution >= 0.6 is 0 Å². The van der Waals surface area contributed by atoms with Gasteiger partial charge < -0.3 is 104 Å². The maximum Gasteiger partial charge on any atom is 0.335 e. The van der Waals surface area contributed by atoms with Crippen LogP contribution in [0.4, 0.5) is 0 Å². The summed E-state index contributed by atoms with van der Waals surface area (Å²) in [6.07, 6.45) is -26.8. The number of ether oxygens (including phenoxy) is 8. The number of aliphatic hydroxyl groups is 12. The lowest BCUT2D eigenvalue weighted by Gasteiger charge is -2.72. The monoisotopic (exact) mass is 1130 g/mol. The van der Waals surface area contributed by atoms with Gasteiger partial charge in [0.15, 0.2) is 25.0 Å². The van der Waals surface area contributed by atoms with Crippen LogP contribution in [0.1, 0.15) is 107 Å². The van der Waals surface area contributed by atoms with E-state index >= 15 is 0 Å². The number of aliphatic hydroxyl groups excluding tert-OH is 12. The van der Waals surface area contributed by atoms with Gasteiger partial charge in [0.1, 0.15) is 86.0 Å². The van der Waals surface area contributed by atoms with Crippen molar-refractivity contribution in [3.05, 3.63) is 23.3 Å². The summed E-state index contributed by atoms with van der Waals surface area (Å²) in [6, 6.07) is 0. The summed E-state index contributed by atoms with van der Waals surface area (Å²) in [5, 5.41) is 144. The number of allylic oxidation sites excluding steroid dienone is 3. The highest BCUT2D eigenvalue weighted by atomic mass is 16.8. The number of carbonyl (C=O) groups is 3. The van der Waals surface area contributed by atoms with Gasteiger partial charge in [-0.3, -0.25) is 4.79 Å². The average molecular weight is 1130 g/mol. The summed E-state index contributed by atoms with van der Waals surface area (Å²) in [5.74, 6) is -3.82. The van der Waals surface area contributed by atoms with Crippen LogP contribution < -0.4 is 0 Å². The van der Waals surface area contributed by atoms with Gasteiger partial charge in [-0.2, -0.15) is 0 Å². The van der Waals surface area contributed by atoms with Gasteiger partial charge in [-0.05, 0) is 92.8 Å². The molecule has 3 heterocycles. The van der Waals surface area contributed by atoms with Gasteiger partial charge in [0, 0.05) is 23.3 Å². The molecule has 13 N–H and O–H groups in total. The van der Waals surface area contributed by atoms with Crippen LogP contribution in [-0.2, 0) is 52.3 Å². The molecule has 24 nitrogen and oxygen atoms in total. The molecule has 0 amide bonds. The van der Waals surface area contributed by atoms with Crippen molar-refractivity contribution < 1.29 is 119 Å². The summed E-state index contributed by atoms with van der Waals surface area (Å²) in [4.78, 5) is 39.0. The van der Waals surface area contributed by atoms with Crippen LogP contribution in [0.5, 0.6) is 0 Å². The largest absolute Gasteiger partial charge is 0.479 e. The van der Waals surface area contributed by atoms with Gasteiger partial charge >= 0.3 is 17.9 Å². The highest BCUT2D eigenvalue weighted by Gasteiger charge is 2.74. The van der Waals surface area contributed by atoms with Gasteiger partial charge in [-0.25, -0.2) is 9.59 Å². The van der Waals surface area contributed by atoms with Crippen molar-refractivity contribution in [1.82, 2.24) is 0 Å². The normalized spacial score (nSPS) is 50.6. The number of rotatable bonds is 14. The lowest BCUT2D eigenvalue weighted by Crippen LogP contribution is -2.72. The van der Waals surface area contributed by atoms with Crippen LogP contribution in [0.15, 0.2) is 23.3 Å². The Labute approximate surface area is 459 Å². The topological polar surface area (TPSA) is 388 Å². The van der Waals surface area contributed by atoms with E-state index in [0.717, 1.165) is 5.57 Å². The molecule has 5 aliphatic carbocycles. The summed E-state index contributed by atoms with van der Waals surface area (Å²) in [6.45, 7) is 14.3. The molecule has 450 valence electrons. The maximum absolute atomic E-state index is 13.3. The van der Waals surface area contributed by atoms with E-state index in [1.807, 2.05) is 20.8 Å². The molecule has 0 radical (unpaired) electrons. The molecule has 0 bridgehead atoms. The van der Waals surface area contributed by atoms with E-state index in [1.54, 1.807) is 19.9 Å². The number of carboxylic acid groups (broad SMARTS) is 1. The Hall–Kier alpha value is -2.83. The number of carboxylic acids is 1. The molecule has 3 saturated heterocycles. The van der Waals surface area contributed by atoms with Crippen LogP contribution in [0, 0.1) is 50.2 Å². The van der Waals surface area contributed by atoms with Crippen molar-refractivity contribution in [2.24, 2.45) is 50.2 Å². The fraction of sp³-hybridized carbons (Fsp3) is 0.873. The third-order valence-electron chi connectivity index (χ3n) is 21.0. The zero-order valence-corrected chi connectivity index (χ0v) is 46.4. The zero-order chi connectivity index (χ0) is 58.4. The first-order chi connectivity index (χ1) is 36.9. The van der Waals surface area contributed by atoms with Crippen molar-refractivity contribution in [1.29, 1.82) is 0 Å². The second-order valence-electron chi connectivity index (χ2n) is 25.6. The Balaban J connectivity index is 1.11. The molecule has 79 heavy (non-hydrogen) atoms. The van der Waals surface area contributed by atoms with E-state index in [9.17, 15) is 80.8 Å². The van der Waals surface area contributed by atoms with E-state index in [4.69, 9.17) is 37.9 Å². The Kier molecular flexibility index (Phi) is 17.8. The minimum absolute atomic E-state index is 0.0849. The van der Waals surface area contributed by atoms with Gasteiger partial charge in [-0.15, -0.1) is 0 Å². The Morgan fingerprint density at radius 1 is 0.696 bits per heavy atom. The lowest BCUT2D eigenvalue weighted by atomic mass is 9.33. The molecule has 24 heteroatoms. The fourth-order valence-electron chi connectivity index (χ4n) is 16.1. The first kappa shape index (κ1) is 62.2.